The standard InChI is InChI=1S/C10H11FN2O/c11-8-1-2-9-7(5-8)6-10(14)13(9)4-3-12/h1-2,5H,3-4,6,12H2. The van der Waals surface area contributed by atoms with Crippen molar-refractivity contribution in [1.29, 1.82) is 0 Å². The number of hydrogen-bond acceptors (Lipinski definition) is 2. The Balaban J connectivity index is 2.37. The summed E-state index contributed by atoms with van der Waals surface area (Å²) < 4.78 is 12.8. The number of nitrogens with zero attached hydrogens (tertiary/aromatic N) is 1. The summed E-state index contributed by atoms with van der Waals surface area (Å²) in [6.45, 7) is 0.917. The van der Waals surface area contributed by atoms with Gasteiger partial charge in [0.15, 0.2) is 0 Å². The van der Waals surface area contributed by atoms with E-state index in [1.54, 1.807) is 11.0 Å². The van der Waals surface area contributed by atoms with Crippen LogP contribution in [0.25, 0.3) is 0 Å². The normalized spacial score (nSPS) is 14.7. The molecule has 0 aromatic heterocycles. The molecule has 0 unspecified atom stereocenters. The maximum absolute atomic E-state index is 12.8. The molecule has 1 aromatic rings. The quantitative estimate of drug-likeness (QED) is 0.752. The van der Waals surface area contributed by atoms with Gasteiger partial charge in [-0.3, -0.25) is 4.79 Å². The van der Waals surface area contributed by atoms with E-state index in [9.17, 15) is 9.18 Å². The summed E-state index contributed by atoms with van der Waals surface area (Å²) in [5, 5.41) is 0. The molecule has 0 fully saturated rings. The maximum atomic E-state index is 12.8. The van der Waals surface area contributed by atoms with Gasteiger partial charge in [0.25, 0.3) is 0 Å². The van der Waals surface area contributed by atoms with Crippen LogP contribution in [0.1, 0.15) is 5.56 Å². The zero-order valence-electron chi connectivity index (χ0n) is 7.66. The number of halogens is 1. The Bertz CT molecular complexity index is 378. The summed E-state index contributed by atoms with van der Waals surface area (Å²) >= 11 is 0. The van der Waals surface area contributed by atoms with Crippen LogP contribution in [0.5, 0.6) is 0 Å². The van der Waals surface area contributed by atoms with E-state index in [0.29, 0.717) is 13.1 Å². The zero-order chi connectivity index (χ0) is 10.1. The highest BCUT2D eigenvalue weighted by molar-refractivity contribution is 6.01. The van der Waals surface area contributed by atoms with Gasteiger partial charge >= 0.3 is 0 Å². The van der Waals surface area contributed by atoms with Gasteiger partial charge in [0, 0.05) is 18.8 Å². The van der Waals surface area contributed by atoms with Gasteiger partial charge in [0.2, 0.25) is 5.91 Å². The fourth-order valence-corrected chi connectivity index (χ4v) is 1.73. The van der Waals surface area contributed by atoms with Gasteiger partial charge in [-0.15, -0.1) is 0 Å². The molecule has 1 aliphatic rings. The lowest BCUT2D eigenvalue weighted by molar-refractivity contribution is -0.117. The lowest BCUT2D eigenvalue weighted by atomic mass is 10.1. The molecule has 0 aliphatic carbocycles. The minimum Gasteiger partial charge on any atom is -0.329 e. The highest BCUT2D eigenvalue weighted by atomic mass is 19.1. The number of anilines is 1. The average molecular weight is 194 g/mol. The smallest absolute Gasteiger partial charge is 0.231 e. The van der Waals surface area contributed by atoms with Gasteiger partial charge in [-0.05, 0) is 23.8 Å². The Labute approximate surface area is 81.3 Å². The summed E-state index contributed by atoms with van der Waals surface area (Å²) in [4.78, 5) is 13.1. The SMILES string of the molecule is NCCN1C(=O)Cc2cc(F)ccc21. The Morgan fingerprint density at radius 1 is 1.50 bits per heavy atom. The molecule has 1 aromatic carbocycles. The lowest BCUT2D eigenvalue weighted by Crippen LogP contribution is -2.31. The first-order valence-electron chi connectivity index (χ1n) is 4.51. The molecule has 2 rings (SSSR count). The second kappa shape index (κ2) is 3.38. The number of carbonyl (C=O) groups is 1. The summed E-state index contributed by atoms with van der Waals surface area (Å²) in [6, 6.07) is 4.40. The van der Waals surface area contributed by atoms with Crippen LogP contribution in [0.2, 0.25) is 0 Å². The van der Waals surface area contributed by atoms with E-state index in [1.807, 2.05) is 0 Å². The molecule has 0 atom stereocenters. The van der Waals surface area contributed by atoms with Crippen molar-refractivity contribution in [2.75, 3.05) is 18.0 Å². The molecule has 0 bridgehead atoms. The van der Waals surface area contributed by atoms with Gasteiger partial charge in [0.05, 0.1) is 6.42 Å². The van der Waals surface area contributed by atoms with Crippen molar-refractivity contribution >= 4 is 11.6 Å². The van der Waals surface area contributed by atoms with Gasteiger partial charge < -0.3 is 10.6 Å². The lowest BCUT2D eigenvalue weighted by Gasteiger charge is -2.15. The summed E-state index contributed by atoms with van der Waals surface area (Å²) in [7, 11) is 0. The van der Waals surface area contributed by atoms with Crippen molar-refractivity contribution in [1.82, 2.24) is 0 Å². The molecule has 0 radical (unpaired) electrons. The number of amides is 1. The molecule has 14 heavy (non-hydrogen) atoms. The van der Waals surface area contributed by atoms with Crippen LogP contribution in [0.15, 0.2) is 18.2 Å². The van der Waals surface area contributed by atoms with Crippen molar-refractivity contribution in [3.05, 3.63) is 29.6 Å². The molecule has 0 spiro atoms. The zero-order valence-corrected chi connectivity index (χ0v) is 7.66. The van der Waals surface area contributed by atoms with E-state index in [1.165, 1.54) is 12.1 Å². The first kappa shape index (κ1) is 9.15. The number of fused-ring (bicyclic) bond motifs is 1. The van der Waals surface area contributed by atoms with Crippen LogP contribution in [0, 0.1) is 5.82 Å². The highest BCUT2D eigenvalue weighted by Gasteiger charge is 2.26. The second-order valence-corrected chi connectivity index (χ2v) is 3.28. The number of carbonyl (C=O) groups excluding carboxylic acids is 1. The molecule has 1 amide bonds. The maximum Gasteiger partial charge on any atom is 0.231 e. The molecule has 3 nitrogen and oxygen atoms in total. The molecule has 1 heterocycles. The Morgan fingerprint density at radius 3 is 3.00 bits per heavy atom. The van der Waals surface area contributed by atoms with Crippen molar-refractivity contribution < 1.29 is 9.18 Å². The van der Waals surface area contributed by atoms with E-state index in [0.717, 1.165) is 11.3 Å². The van der Waals surface area contributed by atoms with E-state index >= 15 is 0 Å². The largest absolute Gasteiger partial charge is 0.329 e. The van der Waals surface area contributed by atoms with Gasteiger partial charge in [-0.1, -0.05) is 0 Å². The Kier molecular flexibility index (Phi) is 2.21. The van der Waals surface area contributed by atoms with E-state index in [2.05, 4.69) is 0 Å². The summed E-state index contributed by atoms with van der Waals surface area (Å²) in [5.41, 5.74) is 6.94. The van der Waals surface area contributed by atoms with Crippen molar-refractivity contribution in [2.24, 2.45) is 5.73 Å². The Hall–Kier alpha value is -1.42. The minimum absolute atomic E-state index is 0.00366. The van der Waals surface area contributed by atoms with Gasteiger partial charge in [0.1, 0.15) is 5.82 Å². The predicted octanol–water partition coefficient (Wildman–Crippen LogP) is 0.673. The van der Waals surface area contributed by atoms with Gasteiger partial charge in [-0.2, -0.15) is 0 Å². The minimum atomic E-state index is -0.300. The molecule has 0 saturated heterocycles. The van der Waals surface area contributed by atoms with Crippen LogP contribution in [-0.4, -0.2) is 19.0 Å². The fourth-order valence-electron chi connectivity index (χ4n) is 1.73. The fraction of sp³-hybridized carbons (Fsp3) is 0.300. The van der Waals surface area contributed by atoms with Crippen LogP contribution >= 0.6 is 0 Å². The molecule has 74 valence electrons. The number of benzene rings is 1. The van der Waals surface area contributed by atoms with Gasteiger partial charge in [-0.25, -0.2) is 4.39 Å². The first-order chi connectivity index (χ1) is 6.72. The van der Waals surface area contributed by atoms with Crippen LogP contribution < -0.4 is 10.6 Å². The molecule has 2 N–H and O–H groups in total. The highest BCUT2D eigenvalue weighted by Crippen LogP contribution is 2.28. The van der Waals surface area contributed by atoms with E-state index in [4.69, 9.17) is 5.73 Å². The molecular formula is C10H11FN2O. The van der Waals surface area contributed by atoms with E-state index < -0.39 is 0 Å². The molecular weight excluding hydrogens is 183 g/mol. The van der Waals surface area contributed by atoms with Crippen molar-refractivity contribution in [3.63, 3.8) is 0 Å². The molecule has 0 saturated carbocycles. The van der Waals surface area contributed by atoms with Crippen LogP contribution in [0.3, 0.4) is 0 Å². The second-order valence-electron chi connectivity index (χ2n) is 3.28. The third-order valence-electron chi connectivity index (χ3n) is 2.33. The number of rotatable bonds is 2. The van der Waals surface area contributed by atoms with E-state index in [-0.39, 0.29) is 18.1 Å². The third kappa shape index (κ3) is 1.37. The monoisotopic (exact) mass is 194 g/mol. The van der Waals surface area contributed by atoms with Crippen molar-refractivity contribution in [3.8, 4) is 0 Å². The Morgan fingerprint density at radius 2 is 2.29 bits per heavy atom. The van der Waals surface area contributed by atoms with Crippen molar-refractivity contribution in [2.45, 2.75) is 6.42 Å². The molecule has 1 aliphatic heterocycles. The van der Waals surface area contributed by atoms with Crippen LogP contribution in [0.4, 0.5) is 10.1 Å². The first-order valence-corrected chi connectivity index (χ1v) is 4.51. The van der Waals surface area contributed by atoms with Crippen LogP contribution in [-0.2, 0) is 11.2 Å². The number of nitrogens with two attached hydrogens (primary N) is 1. The third-order valence-corrected chi connectivity index (χ3v) is 2.33. The number of hydrogen-bond donors (Lipinski definition) is 1. The molecule has 4 heteroatoms. The average Bonchev–Trinajstić information content (AvgIpc) is 2.43. The topological polar surface area (TPSA) is 46.3 Å². The summed E-state index contributed by atoms with van der Waals surface area (Å²) in [5.74, 6) is -0.304. The predicted molar refractivity (Wildman–Crippen MR) is 51.5 cm³/mol. The summed E-state index contributed by atoms with van der Waals surface area (Å²) in [6.07, 6.45) is 0.285.